The van der Waals surface area contributed by atoms with Crippen molar-refractivity contribution in [3.63, 3.8) is 0 Å². The molecule has 1 amide bonds. The number of hydrogen-bond donors (Lipinski definition) is 2. The van der Waals surface area contributed by atoms with Gasteiger partial charge < -0.3 is 9.84 Å². The first-order valence-electron chi connectivity index (χ1n) is 9.19. The smallest absolute Gasteiger partial charge is 0.281 e. The van der Waals surface area contributed by atoms with Gasteiger partial charge in [-0.1, -0.05) is 66.6 Å². The maximum Gasteiger partial charge on any atom is 0.281 e. The van der Waals surface area contributed by atoms with E-state index in [-0.39, 0.29) is 6.61 Å². The second-order valence-electron chi connectivity index (χ2n) is 6.45. The molecule has 31 heavy (non-hydrogen) atoms. The molecule has 0 radical (unpaired) electrons. The number of ether oxygens (including phenoxy) is 1. The second kappa shape index (κ2) is 10.4. The van der Waals surface area contributed by atoms with E-state index in [1.165, 1.54) is 6.21 Å². The molecular formula is C24H18Br2N2O3. The van der Waals surface area contributed by atoms with Crippen LogP contribution in [0, 0.1) is 12.3 Å². The van der Waals surface area contributed by atoms with E-state index in [0.717, 1.165) is 0 Å². The zero-order chi connectivity index (χ0) is 22.3. The number of terminal acetylenes is 1. The third-order valence-electron chi connectivity index (χ3n) is 4.41. The number of nitrogens with one attached hydrogen (secondary N) is 1. The lowest BCUT2D eigenvalue weighted by molar-refractivity contribution is -0.136. The number of rotatable bonds is 7. The highest BCUT2D eigenvalue weighted by Gasteiger charge is 2.39. The van der Waals surface area contributed by atoms with Crippen molar-refractivity contribution < 1.29 is 14.6 Å². The summed E-state index contributed by atoms with van der Waals surface area (Å²) in [5, 5.41) is 15.4. The van der Waals surface area contributed by atoms with E-state index >= 15 is 0 Å². The summed E-state index contributed by atoms with van der Waals surface area (Å²) in [5.41, 5.74) is 2.12. The van der Waals surface area contributed by atoms with E-state index in [1.807, 2.05) is 12.1 Å². The van der Waals surface area contributed by atoms with Gasteiger partial charge in [0.2, 0.25) is 0 Å². The van der Waals surface area contributed by atoms with Crippen molar-refractivity contribution in [1.29, 1.82) is 0 Å². The van der Waals surface area contributed by atoms with Gasteiger partial charge in [-0.05, 0) is 60.7 Å². The van der Waals surface area contributed by atoms with Gasteiger partial charge in [0, 0.05) is 0 Å². The first-order valence-corrected chi connectivity index (χ1v) is 10.8. The number of nitrogens with zero attached hydrogens (tertiary/aromatic N) is 1. The zero-order valence-electron chi connectivity index (χ0n) is 16.3. The Labute approximate surface area is 197 Å². The third kappa shape index (κ3) is 5.23. The summed E-state index contributed by atoms with van der Waals surface area (Å²) in [6, 6.07) is 21.0. The summed E-state index contributed by atoms with van der Waals surface area (Å²) in [6.45, 7) is 0.137. The lowest BCUT2D eigenvalue weighted by Gasteiger charge is -2.27. The van der Waals surface area contributed by atoms with Crippen molar-refractivity contribution in [2.24, 2.45) is 5.10 Å². The average Bonchev–Trinajstić information content (AvgIpc) is 2.79. The molecule has 0 aliphatic carbocycles. The van der Waals surface area contributed by atoms with Crippen LogP contribution in [0.4, 0.5) is 0 Å². The monoisotopic (exact) mass is 540 g/mol. The van der Waals surface area contributed by atoms with Crippen LogP contribution < -0.4 is 10.2 Å². The standard InChI is InChI=1S/C24H18Br2N2O3/c1-2-13-31-22-20(25)14-17(15-21(22)26)16-27-28-23(29)24(30,18-9-5-3-6-10-18)19-11-7-4-8-12-19/h1,3-12,14-16,30H,13H2,(H,28,29)/b27-16-. The maximum absolute atomic E-state index is 13.0. The van der Waals surface area contributed by atoms with E-state index < -0.39 is 11.5 Å². The zero-order valence-corrected chi connectivity index (χ0v) is 19.4. The summed E-state index contributed by atoms with van der Waals surface area (Å²) < 4.78 is 6.83. The number of amides is 1. The second-order valence-corrected chi connectivity index (χ2v) is 8.16. The van der Waals surface area contributed by atoms with Crippen LogP contribution >= 0.6 is 31.9 Å². The summed E-state index contributed by atoms with van der Waals surface area (Å²) in [6.07, 6.45) is 6.70. The summed E-state index contributed by atoms with van der Waals surface area (Å²) in [5.74, 6) is 2.31. The molecule has 0 unspecified atom stereocenters. The minimum absolute atomic E-state index is 0.137. The lowest BCUT2D eigenvalue weighted by atomic mass is 9.85. The van der Waals surface area contributed by atoms with Gasteiger partial charge in [-0.3, -0.25) is 4.79 Å². The van der Waals surface area contributed by atoms with Crippen LogP contribution in [0.25, 0.3) is 0 Å². The van der Waals surface area contributed by atoms with Gasteiger partial charge in [-0.15, -0.1) is 6.42 Å². The number of carbonyl (C=O) groups excluding carboxylic acids is 1. The fourth-order valence-electron chi connectivity index (χ4n) is 2.94. The first kappa shape index (κ1) is 22.8. The third-order valence-corrected chi connectivity index (χ3v) is 5.59. The Bertz CT molecular complexity index is 1060. The number of hydrogen-bond acceptors (Lipinski definition) is 4. The quantitative estimate of drug-likeness (QED) is 0.261. The van der Waals surface area contributed by atoms with Crippen molar-refractivity contribution in [2.45, 2.75) is 5.60 Å². The number of benzene rings is 3. The van der Waals surface area contributed by atoms with E-state index in [2.05, 4.69) is 48.3 Å². The topological polar surface area (TPSA) is 70.9 Å². The molecule has 0 bridgehead atoms. The molecule has 3 aromatic rings. The van der Waals surface area contributed by atoms with Crippen molar-refractivity contribution >= 4 is 44.0 Å². The molecule has 0 atom stereocenters. The number of halogens is 2. The molecule has 0 saturated carbocycles. The molecule has 5 nitrogen and oxygen atoms in total. The van der Waals surface area contributed by atoms with Gasteiger partial charge in [-0.25, -0.2) is 5.43 Å². The van der Waals surface area contributed by atoms with Gasteiger partial charge in [-0.2, -0.15) is 5.10 Å². The molecule has 0 aromatic heterocycles. The highest BCUT2D eigenvalue weighted by Crippen LogP contribution is 2.34. The Morgan fingerprint density at radius 3 is 2.06 bits per heavy atom. The number of carbonyl (C=O) groups is 1. The average molecular weight is 542 g/mol. The minimum atomic E-state index is -1.89. The fourth-order valence-corrected chi connectivity index (χ4v) is 4.39. The van der Waals surface area contributed by atoms with Crippen molar-refractivity contribution in [2.75, 3.05) is 6.61 Å². The van der Waals surface area contributed by atoms with Crippen LogP contribution in [0.15, 0.2) is 86.8 Å². The fraction of sp³-hybridized carbons (Fsp3) is 0.0833. The Hall–Kier alpha value is -2.92. The molecule has 0 spiro atoms. The molecule has 3 aromatic carbocycles. The number of aliphatic hydroxyl groups is 1. The minimum Gasteiger partial charge on any atom is -0.479 e. The molecule has 0 fully saturated rings. The lowest BCUT2D eigenvalue weighted by Crippen LogP contribution is -2.43. The van der Waals surface area contributed by atoms with E-state index in [0.29, 0.717) is 31.4 Å². The van der Waals surface area contributed by atoms with E-state index in [4.69, 9.17) is 11.2 Å². The molecule has 7 heteroatoms. The molecule has 0 aliphatic rings. The Morgan fingerprint density at radius 1 is 1.06 bits per heavy atom. The number of hydrazone groups is 1. The molecule has 156 valence electrons. The molecular weight excluding hydrogens is 524 g/mol. The van der Waals surface area contributed by atoms with Crippen LogP contribution in [-0.4, -0.2) is 23.8 Å². The predicted molar refractivity (Wildman–Crippen MR) is 128 cm³/mol. The highest BCUT2D eigenvalue weighted by molar-refractivity contribution is 9.11. The summed E-state index contributed by atoms with van der Waals surface area (Å²) >= 11 is 6.86. The van der Waals surface area contributed by atoms with Gasteiger partial charge in [0.25, 0.3) is 5.91 Å². The Balaban J connectivity index is 1.84. The molecule has 0 heterocycles. The van der Waals surface area contributed by atoms with E-state index in [9.17, 15) is 9.90 Å². The van der Waals surface area contributed by atoms with Crippen LogP contribution in [-0.2, 0) is 10.4 Å². The Kier molecular flexibility index (Phi) is 7.64. The molecule has 3 rings (SSSR count). The van der Waals surface area contributed by atoms with Gasteiger partial charge >= 0.3 is 0 Å². The summed E-state index contributed by atoms with van der Waals surface area (Å²) in [7, 11) is 0. The molecule has 0 saturated heterocycles. The highest BCUT2D eigenvalue weighted by atomic mass is 79.9. The maximum atomic E-state index is 13.0. The normalized spacial score (nSPS) is 11.2. The van der Waals surface area contributed by atoms with Crippen LogP contribution in [0.3, 0.4) is 0 Å². The van der Waals surface area contributed by atoms with Gasteiger partial charge in [0.05, 0.1) is 15.2 Å². The molecule has 0 aliphatic heterocycles. The van der Waals surface area contributed by atoms with Gasteiger partial charge in [0.15, 0.2) is 5.60 Å². The van der Waals surface area contributed by atoms with Crippen LogP contribution in [0.1, 0.15) is 16.7 Å². The molecule has 2 N–H and O–H groups in total. The van der Waals surface area contributed by atoms with Crippen LogP contribution in [0.2, 0.25) is 0 Å². The van der Waals surface area contributed by atoms with Crippen LogP contribution in [0.5, 0.6) is 5.75 Å². The summed E-state index contributed by atoms with van der Waals surface area (Å²) in [4.78, 5) is 13.0. The first-order chi connectivity index (χ1) is 15.0. The van der Waals surface area contributed by atoms with Crippen molar-refractivity contribution in [1.82, 2.24) is 5.43 Å². The SMILES string of the molecule is C#CCOc1c(Br)cc(/C=N\NC(=O)C(O)(c2ccccc2)c2ccccc2)cc1Br. The van der Waals surface area contributed by atoms with Crippen molar-refractivity contribution in [3.05, 3.63) is 98.4 Å². The largest absolute Gasteiger partial charge is 0.479 e. The van der Waals surface area contributed by atoms with Gasteiger partial charge in [0.1, 0.15) is 12.4 Å². The Morgan fingerprint density at radius 2 is 1.58 bits per heavy atom. The van der Waals surface area contributed by atoms with Crippen molar-refractivity contribution in [3.8, 4) is 18.1 Å². The predicted octanol–water partition coefficient (Wildman–Crippen LogP) is 4.61. The van der Waals surface area contributed by atoms with E-state index in [1.54, 1.807) is 60.7 Å².